The van der Waals surface area contributed by atoms with E-state index in [2.05, 4.69) is 36.0 Å². The van der Waals surface area contributed by atoms with Gasteiger partial charge in [-0.1, -0.05) is 6.92 Å². The van der Waals surface area contributed by atoms with Crippen molar-refractivity contribution in [3.05, 3.63) is 22.4 Å². The van der Waals surface area contributed by atoms with Crippen molar-refractivity contribution in [1.82, 2.24) is 5.32 Å². The fourth-order valence-electron chi connectivity index (χ4n) is 1.18. The molecule has 1 N–H and O–H groups in total. The van der Waals surface area contributed by atoms with Crippen LogP contribution in [-0.4, -0.2) is 12.6 Å². The van der Waals surface area contributed by atoms with E-state index in [1.54, 1.807) is 11.3 Å². The summed E-state index contributed by atoms with van der Waals surface area (Å²) in [5.41, 5.74) is 1.45. The minimum absolute atomic E-state index is 0.606. The molecule has 0 saturated carbocycles. The van der Waals surface area contributed by atoms with Crippen LogP contribution in [0.15, 0.2) is 16.8 Å². The summed E-state index contributed by atoms with van der Waals surface area (Å²) >= 11 is 1.77. The first-order valence-corrected chi connectivity index (χ1v) is 5.01. The van der Waals surface area contributed by atoms with Crippen LogP contribution < -0.4 is 5.32 Å². The van der Waals surface area contributed by atoms with E-state index in [4.69, 9.17) is 0 Å². The minimum atomic E-state index is 0.606. The summed E-state index contributed by atoms with van der Waals surface area (Å²) in [5, 5.41) is 7.74. The highest BCUT2D eigenvalue weighted by Crippen LogP contribution is 2.08. The molecule has 0 unspecified atom stereocenters. The summed E-state index contributed by atoms with van der Waals surface area (Å²) in [4.78, 5) is 0. The molecule has 0 amide bonds. The fraction of sp³-hybridized carbons (Fsp3) is 0.556. The first-order valence-electron chi connectivity index (χ1n) is 4.07. The van der Waals surface area contributed by atoms with Crippen LogP contribution in [0.2, 0.25) is 0 Å². The molecule has 0 spiro atoms. The monoisotopic (exact) mass is 169 g/mol. The predicted molar refractivity (Wildman–Crippen MR) is 51.2 cm³/mol. The molecule has 0 bridgehead atoms. The Kier molecular flexibility index (Phi) is 3.60. The van der Waals surface area contributed by atoms with Crippen LogP contribution in [0.4, 0.5) is 0 Å². The highest BCUT2D eigenvalue weighted by Gasteiger charge is 2.00. The maximum absolute atomic E-state index is 3.39. The maximum Gasteiger partial charge on any atom is 0.00793 e. The lowest BCUT2D eigenvalue weighted by Crippen LogP contribution is -2.27. The van der Waals surface area contributed by atoms with Crippen molar-refractivity contribution >= 4 is 11.3 Å². The summed E-state index contributed by atoms with van der Waals surface area (Å²) in [6.07, 6.45) is 1.15. The van der Waals surface area contributed by atoms with Gasteiger partial charge in [-0.3, -0.25) is 0 Å². The van der Waals surface area contributed by atoms with Gasteiger partial charge in [0.05, 0.1) is 0 Å². The Bertz CT molecular complexity index is 181. The second kappa shape index (κ2) is 4.52. The van der Waals surface area contributed by atoms with Crippen molar-refractivity contribution in [3.63, 3.8) is 0 Å². The summed E-state index contributed by atoms with van der Waals surface area (Å²) in [6, 6.07) is 2.80. The van der Waals surface area contributed by atoms with Gasteiger partial charge in [0.25, 0.3) is 0 Å². The third kappa shape index (κ3) is 3.04. The van der Waals surface area contributed by atoms with Gasteiger partial charge in [0.1, 0.15) is 0 Å². The lowest BCUT2D eigenvalue weighted by molar-refractivity contribution is 0.566. The molecule has 0 aromatic carbocycles. The Morgan fingerprint density at radius 3 is 3.00 bits per heavy atom. The number of nitrogens with one attached hydrogen (secondary N) is 1. The summed E-state index contributed by atoms with van der Waals surface area (Å²) in [7, 11) is 0. The van der Waals surface area contributed by atoms with E-state index in [-0.39, 0.29) is 0 Å². The molecule has 1 heterocycles. The molecular weight excluding hydrogens is 154 g/mol. The van der Waals surface area contributed by atoms with Crippen molar-refractivity contribution in [2.45, 2.75) is 26.3 Å². The normalized spacial score (nSPS) is 13.3. The highest BCUT2D eigenvalue weighted by atomic mass is 32.1. The molecular formula is C9H15NS. The number of hydrogen-bond donors (Lipinski definition) is 1. The number of likely N-dealkylation sites (N-methyl/N-ethyl adjacent to an activating group) is 1. The quantitative estimate of drug-likeness (QED) is 0.729. The molecule has 0 fully saturated rings. The summed E-state index contributed by atoms with van der Waals surface area (Å²) < 4.78 is 0. The molecule has 11 heavy (non-hydrogen) atoms. The minimum Gasteiger partial charge on any atom is -0.314 e. The van der Waals surface area contributed by atoms with Gasteiger partial charge in [-0.2, -0.15) is 11.3 Å². The van der Waals surface area contributed by atoms with Gasteiger partial charge < -0.3 is 5.32 Å². The first kappa shape index (κ1) is 8.75. The fourth-order valence-corrected chi connectivity index (χ4v) is 1.86. The highest BCUT2D eigenvalue weighted by molar-refractivity contribution is 7.07. The Balaban J connectivity index is 2.31. The molecule has 1 aromatic heterocycles. The standard InChI is InChI=1S/C9H15NS/c1-3-10-8(2)6-9-4-5-11-7-9/h4-5,7-8,10H,3,6H2,1-2H3/t8-/m0/s1. The molecule has 0 radical (unpaired) electrons. The SMILES string of the molecule is CCN[C@@H](C)Cc1ccsc1. The molecule has 1 aromatic rings. The average Bonchev–Trinajstić information content (AvgIpc) is 2.40. The number of rotatable bonds is 4. The van der Waals surface area contributed by atoms with Crippen LogP contribution in [0, 0.1) is 0 Å². The average molecular weight is 169 g/mol. The molecule has 0 saturated heterocycles. The Hall–Kier alpha value is -0.340. The Labute approximate surface area is 72.4 Å². The van der Waals surface area contributed by atoms with Gasteiger partial charge in [0, 0.05) is 6.04 Å². The largest absolute Gasteiger partial charge is 0.314 e. The van der Waals surface area contributed by atoms with Gasteiger partial charge in [0.15, 0.2) is 0 Å². The first-order chi connectivity index (χ1) is 5.33. The molecule has 0 aliphatic rings. The molecule has 2 heteroatoms. The number of thiophene rings is 1. The van der Waals surface area contributed by atoms with E-state index in [9.17, 15) is 0 Å². The van der Waals surface area contributed by atoms with Crippen LogP contribution in [-0.2, 0) is 6.42 Å². The number of hydrogen-bond acceptors (Lipinski definition) is 2. The van der Waals surface area contributed by atoms with Crippen molar-refractivity contribution in [1.29, 1.82) is 0 Å². The van der Waals surface area contributed by atoms with Gasteiger partial charge in [0.2, 0.25) is 0 Å². The van der Waals surface area contributed by atoms with Gasteiger partial charge >= 0.3 is 0 Å². The summed E-state index contributed by atoms with van der Waals surface area (Å²) in [5.74, 6) is 0. The van der Waals surface area contributed by atoms with Crippen molar-refractivity contribution < 1.29 is 0 Å². The van der Waals surface area contributed by atoms with Gasteiger partial charge in [-0.05, 0) is 42.3 Å². The molecule has 62 valence electrons. The van der Waals surface area contributed by atoms with Crippen LogP contribution in [0.3, 0.4) is 0 Å². The van der Waals surface area contributed by atoms with E-state index in [0.717, 1.165) is 13.0 Å². The van der Waals surface area contributed by atoms with Gasteiger partial charge in [-0.25, -0.2) is 0 Å². The lowest BCUT2D eigenvalue weighted by atomic mass is 10.1. The van der Waals surface area contributed by atoms with Crippen LogP contribution in [0.1, 0.15) is 19.4 Å². The van der Waals surface area contributed by atoms with E-state index >= 15 is 0 Å². The van der Waals surface area contributed by atoms with Crippen molar-refractivity contribution in [2.24, 2.45) is 0 Å². The molecule has 1 rings (SSSR count). The lowest BCUT2D eigenvalue weighted by Gasteiger charge is -2.09. The van der Waals surface area contributed by atoms with Crippen molar-refractivity contribution in [3.8, 4) is 0 Å². The van der Waals surface area contributed by atoms with Crippen LogP contribution in [0.25, 0.3) is 0 Å². The van der Waals surface area contributed by atoms with E-state index in [1.807, 2.05) is 0 Å². The second-order valence-corrected chi connectivity index (χ2v) is 3.57. The van der Waals surface area contributed by atoms with Gasteiger partial charge in [-0.15, -0.1) is 0 Å². The molecule has 1 nitrogen and oxygen atoms in total. The van der Waals surface area contributed by atoms with Crippen LogP contribution >= 0.6 is 11.3 Å². The zero-order chi connectivity index (χ0) is 8.10. The third-order valence-electron chi connectivity index (χ3n) is 1.67. The zero-order valence-electron chi connectivity index (χ0n) is 7.13. The van der Waals surface area contributed by atoms with E-state index in [0.29, 0.717) is 6.04 Å². The summed E-state index contributed by atoms with van der Waals surface area (Å²) in [6.45, 7) is 5.43. The van der Waals surface area contributed by atoms with E-state index in [1.165, 1.54) is 5.56 Å². The smallest absolute Gasteiger partial charge is 0.00793 e. The Morgan fingerprint density at radius 1 is 1.64 bits per heavy atom. The molecule has 1 atom stereocenters. The van der Waals surface area contributed by atoms with Crippen molar-refractivity contribution in [2.75, 3.05) is 6.54 Å². The Morgan fingerprint density at radius 2 is 2.45 bits per heavy atom. The third-order valence-corrected chi connectivity index (χ3v) is 2.41. The second-order valence-electron chi connectivity index (χ2n) is 2.79. The topological polar surface area (TPSA) is 12.0 Å². The molecule has 0 aliphatic heterocycles. The predicted octanol–water partition coefficient (Wildman–Crippen LogP) is 2.29. The maximum atomic E-state index is 3.39. The van der Waals surface area contributed by atoms with Crippen LogP contribution in [0.5, 0.6) is 0 Å². The van der Waals surface area contributed by atoms with E-state index < -0.39 is 0 Å². The zero-order valence-corrected chi connectivity index (χ0v) is 7.95. The molecule has 0 aliphatic carbocycles.